The van der Waals surface area contributed by atoms with Gasteiger partial charge < -0.3 is 4.98 Å². The Kier molecular flexibility index (Phi) is 5.74. The lowest BCUT2D eigenvalue weighted by Crippen LogP contribution is -2.36. The van der Waals surface area contributed by atoms with E-state index in [2.05, 4.69) is 41.1 Å². The maximum atomic E-state index is 12.3. The lowest BCUT2D eigenvalue weighted by atomic mass is 9.93. The molecule has 0 unspecified atom stereocenters. The summed E-state index contributed by atoms with van der Waals surface area (Å²) in [7, 11) is 0. The highest BCUT2D eigenvalue weighted by Gasteiger charge is 2.22. The Morgan fingerprint density at radius 1 is 1.08 bits per heavy atom. The molecule has 0 amide bonds. The Morgan fingerprint density at radius 2 is 1.84 bits per heavy atom. The van der Waals surface area contributed by atoms with Crippen LogP contribution in [0.2, 0.25) is 0 Å². The molecular formula is C22H30N2O. The average molecular weight is 338 g/mol. The predicted molar refractivity (Wildman–Crippen MR) is 104 cm³/mol. The first-order chi connectivity index (χ1) is 12.0. The van der Waals surface area contributed by atoms with E-state index in [4.69, 9.17) is 0 Å². The first-order valence-corrected chi connectivity index (χ1v) is 9.52. The van der Waals surface area contributed by atoms with Crippen LogP contribution in [0.25, 0.3) is 0 Å². The molecule has 1 saturated carbocycles. The molecule has 0 radical (unpaired) electrons. The lowest BCUT2D eigenvalue weighted by Gasteiger charge is -2.34. The zero-order valence-electron chi connectivity index (χ0n) is 15.8. The SMILES string of the molecule is Cc1cccc(CN(Cc2[nH]cc(C)c(=O)c2C)C2CCCCC2)c1. The van der Waals surface area contributed by atoms with Gasteiger partial charge in [-0.25, -0.2) is 0 Å². The fourth-order valence-electron chi connectivity index (χ4n) is 3.97. The van der Waals surface area contributed by atoms with Gasteiger partial charge in [-0.05, 0) is 39.2 Å². The number of hydrogen-bond donors (Lipinski definition) is 1. The van der Waals surface area contributed by atoms with Crippen molar-refractivity contribution in [1.82, 2.24) is 9.88 Å². The molecule has 2 aromatic rings. The lowest BCUT2D eigenvalue weighted by molar-refractivity contribution is 0.138. The van der Waals surface area contributed by atoms with Crippen LogP contribution in [0.15, 0.2) is 35.3 Å². The summed E-state index contributed by atoms with van der Waals surface area (Å²) in [6, 6.07) is 9.39. The van der Waals surface area contributed by atoms with Crippen LogP contribution >= 0.6 is 0 Å². The second-order valence-corrected chi connectivity index (χ2v) is 7.59. The van der Waals surface area contributed by atoms with E-state index < -0.39 is 0 Å². The molecule has 1 fully saturated rings. The smallest absolute Gasteiger partial charge is 0.187 e. The molecule has 1 aromatic carbocycles. The van der Waals surface area contributed by atoms with Gasteiger partial charge in [0.25, 0.3) is 0 Å². The van der Waals surface area contributed by atoms with Crippen molar-refractivity contribution >= 4 is 0 Å². The van der Waals surface area contributed by atoms with Gasteiger partial charge in [0.05, 0.1) is 0 Å². The van der Waals surface area contributed by atoms with Crippen molar-refractivity contribution < 1.29 is 0 Å². The van der Waals surface area contributed by atoms with E-state index in [-0.39, 0.29) is 5.43 Å². The minimum atomic E-state index is 0.174. The third-order valence-corrected chi connectivity index (χ3v) is 5.53. The van der Waals surface area contributed by atoms with E-state index in [9.17, 15) is 4.79 Å². The highest BCUT2D eigenvalue weighted by molar-refractivity contribution is 5.25. The normalized spacial score (nSPS) is 15.7. The first-order valence-electron chi connectivity index (χ1n) is 9.52. The van der Waals surface area contributed by atoms with Gasteiger partial charge in [0.1, 0.15) is 0 Å². The van der Waals surface area contributed by atoms with Crippen molar-refractivity contribution in [2.45, 2.75) is 72.0 Å². The molecule has 0 saturated heterocycles. The molecule has 1 aromatic heterocycles. The molecule has 0 spiro atoms. The molecule has 0 atom stereocenters. The standard InChI is InChI=1S/C22H30N2O/c1-16-8-7-9-19(12-16)14-24(20-10-5-4-6-11-20)15-21-18(3)22(25)17(2)13-23-21/h7-9,12-13,20H,4-6,10-11,14-15H2,1-3H3,(H,23,25). The number of aryl methyl sites for hydroxylation is 2. The number of pyridine rings is 1. The number of nitrogens with one attached hydrogen (secondary N) is 1. The number of aromatic amines is 1. The third-order valence-electron chi connectivity index (χ3n) is 5.53. The summed E-state index contributed by atoms with van der Waals surface area (Å²) in [5.41, 5.74) is 5.56. The van der Waals surface area contributed by atoms with Crippen LogP contribution in [0.4, 0.5) is 0 Å². The van der Waals surface area contributed by atoms with Crippen LogP contribution < -0.4 is 5.43 Å². The van der Waals surface area contributed by atoms with Crippen LogP contribution in [0.1, 0.15) is 60.1 Å². The van der Waals surface area contributed by atoms with Crippen LogP contribution in [0, 0.1) is 20.8 Å². The molecule has 3 nitrogen and oxygen atoms in total. The summed E-state index contributed by atoms with van der Waals surface area (Å²) in [4.78, 5) is 18.3. The Bertz CT molecular complexity index is 772. The van der Waals surface area contributed by atoms with E-state index in [0.717, 1.165) is 29.9 Å². The van der Waals surface area contributed by atoms with Crippen LogP contribution in [-0.2, 0) is 13.1 Å². The quantitative estimate of drug-likeness (QED) is 0.862. The highest BCUT2D eigenvalue weighted by Crippen LogP contribution is 2.26. The molecule has 1 aliphatic carbocycles. The second kappa shape index (κ2) is 8.01. The first kappa shape index (κ1) is 17.9. The minimum absolute atomic E-state index is 0.174. The fourth-order valence-corrected chi connectivity index (χ4v) is 3.97. The van der Waals surface area contributed by atoms with Crippen molar-refractivity contribution in [3.05, 3.63) is 68.6 Å². The number of nitrogens with zero attached hydrogens (tertiary/aromatic N) is 1. The van der Waals surface area contributed by atoms with Crippen molar-refractivity contribution in [3.8, 4) is 0 Å². The number of aromatic nitrogens is 1. The Balaban J connectivity index is 1.85. The van der Waals surface area contributed by atoms with E-state index in [0.29, 0.717) is 6.04 Å². The van der Waals surface area contributed by atoms with Gasteiger partial charge in [-0.15, -0.1) is 0 Å². The van der Waals surface area contributed by atoms with E-state index in [1.165, 1.54) is 43.2 Å². The van der Waals surface area contributed by atoms with Gasteiger partial charge in [-0.2, -0.15) is 0 Å². The van der Waals surface area contributed by atoms with Crippen LogP contribution in [0.3, 0.4) is 0 Å². The van der Waals surface area contributed by atoms with Gasteiger partial charge in [0.2, 0.25) is 0 Å². The summed E-state index contributed by atoms with van der Waals surface area (Å²) in [5, 5.41) is 0. The zero-order chi connectivity index (χ0) is 17.8. The summed E-state index contributed by atoms with van der Waals surface area (Å²) in [6.07, 6.45) is 8.38. The summed E-state index contributed by atoms with van der Waals surface area (Å²) < 4.78 is 0. The van der Waals surface area contributed by atoms with Crippen molar-refractivity contribution in [3.63, 3.8) is 0 Å². The van der Waals surface area contributed by atoms with Gasteiger partial charge in [-0.1, -0.05) is 49.1 Å². The molecule has 3 rings (SSSR count). The van der Waals surface area contributed by atoms with Gasteiger partial charge in [0, 0.05) is 42.1 Å². The Morgan fingerprint density at radius 3 is 2.56 bits per heavy atom. The minimum Gasteiger partial charge on any atom is -0.363 e. The number of benzene rings is 1. The van der Waals surface area contributed by atoms with Crippen LogP contribution in [-0.4, -0.2) is 15.9 Å². The number of H-pyrrole nitrogens is 1. The summed E-state index contributed by atoms with van der Waals surface area (Å²) >= 11 is 0. The highest BCUT2D eigenvalue weighted by atomic mass is 16.1. The van der Waals surface area contributed by atoms with Gasteiger partial charge >= 0.3 is 0 Å². The zero-order valence-corrected chi connectivity index (χ0v) is 15.8. The van der Waals surface area contributed by atoms with E-state index in [1.807, 2.05) is 20.0 Å². The number of rotatable bonds is 5. The summed E-state index contributed by atoms with van der Waals surface area (Å²) in [6.45, 7) is 7.74. The molecule has 1 heterocycles. The monoisotopic (exact) mass is 338 g/mol. The van der Waals surface area contributed by atoms with E-state index >= 15 is 0 Å². The predicted octanol–water partition coefficient (Wildman–Crippen LogP) is 4.64. The molecular weight excluding hydrogens is 308 g/mol. The van der Waals surface area contributed by atoms with E-state index in [1.54, 1.807) is 0 Å². The van der Waals surface area contributed by atoms with Crippen molar-refractivity contribution in [2.75, 3.05) is 0 Å². The molecule has 134 valence electrons. The fraction of sp³-hybridized carbons (Fsp3) is 0.500. The molecule has 3 heteroatoms. The van der Waals surface area contributed by atoms with Crippen LogP contribution in [0.5, 0.6) is 0 Å². The number of hydrogen-bond acceptors (Lipinski definition) is 2. The Hall–Kier alpha value is -1.87. The largest absolute Gasteiger partial charge is 0.363 e. The van der Waals surface area contributed by atoms with Gasteiger partial charge in [-0.3, -0.25) is 9.69 Å². The molecule has 25 heavy (non-hydrogen) atoms. The maximum Gasteiger partial charge on any atom is 0.187 e. The van der Waals surface area contributed by atoms with Crippen molar-refractivity contribution in [1.29, 1.82) is 0 Å². The molecule has 0 aliphatic heterocycles. The molecule has 0 bridgehead atoms. The summed E-state index contributed by atoms with van der Waals surface area (Å²) in [5.74, 6) is 0. The Labute approximate surface area is 151 Å². The van der Waals surface area contributed by atoms with Crippen molar-refractivity contribution in [2.24, 2.45) is 0 Å². The molecule has 1 N–H and O–H groups in total. The van der Waals surface area contributed by atoms with Gasteiger partial charge in [0.15, 0.2) is 5.43 Å². The maximum absolute atomic E-state index is 12.3. The second-order valence-electron chi connectivity index (χ2n) is 7.59. The topological polar surface area (TPSA) is 36.1 Å². The average Bonchev–Trinajstić information content (AvgIpc) is 2.62. The molecule has 1 aliphatic rings. The third kappa shape index (κ3) is 4.40.